The summed E-state index contributed by atoms with van der Waals surface area (Å²) in [6.45, 7) is 0. The zero-order valence-electron chi connectivity index (χ0n) is 6.95. The third-order valence-corrected chi connectivity index (χ3v) is 2.40. The highest BCUT2D eigenvalue weighted by atomic mass is 79.9. The fourth-order valence-electron chi connectivity index (χ4n) is 1.31. The molecule has 64 valence electrons. The molecule has 2 rings (SSSR count). The Morgan fingerprint density at radius 1 is 1.54 bits per heavy atom. The van der Waals surface area contributed by atoms with E-state index in [0.717, 1.165) is 15.4 Å². The minimum absolute atomic E-state index is 0.600. The van der Waals surface area contributed by atoms with Crippen molar-refractivity contribution in [3.8, 4) is 6.07 Å². The minimum Gasteiger partial charge on any atom is -0.257 e. The maximum Gasteiger partial charge on any atom is 0.146 e. The molecule has 0 aliphatic carbocycles. The van der Waals surface area contributed by atoms with Crippen LogP contribution in [0, 0.1) is 11.3 Å². The standard InChI is InChI=1S/C9H6BrN3/c1-13-9(5-11)7-3-2-6(10)4-8(7)12-13/h2-4H,1H3. The van der Waals surface area contributed by atoms with Crippen molar-refractivity contribution < 1.29 is 0 Å². The molecule has 0 spiro atoms. The van der Waals surface area contributed by atoms with E-state index in [9.17, 15) is 0 Å². The van der Waals surface area contributed by atoms with Gasteiger partial charge in [0.2, 0.25) is 0 Å². The molecule has 13 heavy (non-hydrogen) atoms. The van der Waals surface area contributed by atoms with E-state index in [4.69, 9.17) is 5.26 Å². The first-order chi connectivity index (χ1) is 6.22. The molecule has 0 saturated heterocycles. The van der Waals surface area contributed by atoms with Crippen LogP contribution in [0.15, 0.2) is 22.7 Å². The predicted molar refractivity (Wildman–Crippen MR) is 53.1 cm³/mol. The van der Waals surface area contributed by atoms with Crippen molar-refractivity contribution in [2.24, 2.45) is 7.05 Å². The number of aromatic nitrogens is 2. The molecule has 0 atom stereocenters. The van der Waals surface area contributed by atoms with Gasteiger partial charge in [0.25, 0.3) is 0 Å². The summed E-state index contributed by atoms with van der Waals surface area (Å²) in [5.41, 5.74) is 1.44. The van der Waals surface area contributed by atoms with Crippen LogP contribution < -0.4 is 0 Å². The van der Waals surface area contributed by atoms with Crippen LogP contribution in [0.1, 0.15) is 5.69 Å². The largest absolute Gasteiger partial charge is 0.257 e. The second-order valence-electron chi connectivity index (χ2n) is 2.75. The van der Waals surface area contributed by atoms with E-state index in [1.807, 2.05) is 18.2 Å². The van der Waals surface area contributed by atoms with Crippen molar-refractivity contribution in [1.82, 2.24) is 9.78 Å². The Morgan fingerprint density at radius 3 is 3.00 bits per heavy atom. The van der Waals surface area contributed by atoms with Crippen LogP contribution >= 0.6 is 15.9 Å². The third-order valence-electron chi connectivity index (χ3n) is 1.90. The highest BCUT2D eigenvalue weighted by Gasteiger charge is 2.07. The molecule has 0 aliphatic heterocycles. The van der Waals surface area contributed by atoms with Gasteiger partial charge in [0.1, 0.15) is 11.8 Å². The van der Waals surface area contributed by atoms with Crippen molar-refractivity contribution >= 4 is 26.8 Å². The molecule has 3 nitrogen and oxygen atoms in total. The zero-order valence-corrected chi connectivity index (χ0v) is 8.54. The van der Waals surface area contributed by atoms with E-state index >= 15 is 0 Å². The summed E-state index contributed by atoms with van der Waals surface area (Å²) in [5, 5.41) is 14.0. The Bertz CT molecular complexity index is 507. The number of hydrogen-bond donors (Lipinski definition) is 0. The van der Waals surface area contributed by atoms with Gasteiger partial charge in [0.05, 0.1) is 5.52 Å². The number of nitriles is 1. The van der Waals surface area contributed by atoms with Gasteiger partial charge < -0.3 is 0 Å². The van der Waals surface area contributed by atoms with Crippen molar-refractivity contribution in [2.45, 2.75) is 0 Å². The summed E-state index contributed by atoms with van der Waals surface area (Å²) in [7, 11) is 1.77. The van der Waals surface area contributed by atoms with Crippen LogP contribution in [-0.2, 0) is 7.05 Å². The fourth-order valence-corrected chi connectivity index (χ4v) is 1.66. The molecule has 1 aromatic heterocycles. The van der Waals surface area contributed by atoms with Crippen molar-refractivity contribution in [1.29, 1.82) is 5.26 Å². The summed E-state index contributed by atoms with van der Waals surface area (Å²) in [6, 6.07) is 7.82. The molecular formula is C9H6BrN3. The minimum atomic E-state index is 0.600. The number of halogens is 1. The first-order valence-electron chi connectivity index (χ1n) is 3.75. The van der Waals surface area contributed by atoms with Gasteiger partial charge in [0.15, 0.2) is 0 Å². The molecule has 0 bridgehead atoms. The average molecular weight is 236 g/mol. The lowest BCUT2D eigenvalue weighted by Crippen LogP contribution is -1.92. The topological polar surface area (TPSA) is 41.6 Å². The monoisotopic (exact) mass is 235 g/mol. The van der Waals surface area contributed by atoms with Gasteiger partial charge in [-0.2, -0.15) is 10.4 Å². The molecule has 0 radical (unpaired) electrons. The van der Waals surface area contributed by atoms with E-state index in [1.165, 1.54) is 0 Å². The maximum absolute atomic E-state index is 8.85. The molecule has 0 unspecified atom stereocenters. The lowest BCUT2D eigenvalue weighted by molar-refractivity contribution is 0.767. The van der Waals surface area contributed by atoms with Crippen molar-refractivity contribution in [3.63, 3.8) is 0 Å². The number of nitrogens with zero attached hydrogens (tertiary/aromatic N) is 3. The smallest absolute Gasteiger partial charge is 0.146 e. The fraction of sp³-hybridized carbons (Fsp3) is 0.111. The quantitative estimate of drug-likeness (QED) is 0.703. The molecular weight excluding hydrogens is 230 g/mol. The number of hydrogen-bond acceptors (Lipinski definition) is 2. The highest BCUT2D eigenvalue weighted by Crippen LogP contribution is 2.21. The molecule has 0 aliphatic rings. The van der Waals surface area contributed by atoms with Crippen LogP contribution in [0.4, 0.5) is 0 Å². The van der Waals surface area contributed by atoms with Crippen LogP contribution in [0.3, 0.4) is 0 Å². The predicted octanol–water partition coefficient (Wildman–Crippen LogP) is 2.21. The lowest BCUT2D eigenvalue weighted by Gasteiger charge is -1.89. The molecule has 0 fully saturated rings. The average Bonchev–Trinajstić information content (AvgIpc) is 2.39. The van der Waals surface area contributed by atoms with Crippen molar-refractivity contribution in [2.75, 3.05) is 0 Å². The molecule has 1 aromatic carbocycles. The summed E-state index contributed by atoms with van der Waals surface area (Å²) in [4.78, 5) is 0. The lowest BCUT2D eigenvalue weighted by atomic mass is 10.2. The van der Waals surface area contributed by atoms with E-state index < -0.39 is 0 Å². The maximum atomic E-state index is 8.85. The van der Waals surface area contributed by atoms with Gasteiger partial charge in [0, 0.05) is 16.9 Å². The van der Waals surface area contributed by atoms with E-state index in [2.05, 4.69) is 27.1 Å². The molecule has 0 amide bonds. The molecule has 1 heterocycles. The second kappa shape index (κ2) is 2.86. The number of rotatable bonds is 0. The molecule has 0 saturated carbocycles. The van der Waals surface area contributed by atoms with E-state index in [1.54, 1.807) is 11.7 Å². The summed E-state index contributed by atoms with van der Waals surface area (Å²) < 4.78 is 2.57. The Balaban J connectivity index is 2.88. The summed E-state index contributed by atoms with van der Waals surface area (Å²) >= 11 is 3.36. The Labute approximate surface area is 83.7 Å². The Hall–Kier alpha value is -1.34. The SMILES string of the molecule is Cn1nc2cc(Br)ccc2c1C#N. The second-order valence-corrected chi connectivity index (χ2v) is 3.66. The van der Waals surface area contributed by atoms with Crippen molar-refractivity contribution in [3.05, 3.63) is 28.4 Å². The van der Waals surface area contributed by atoms with Crippen LogP contribution in [0.2, 0.25) is 0 Å². The van der Waals surface area contributed by atoms with E-state index in [-0.39, 0.29) is 0 Å². The molecule has 2 aromatic rings. The van der Waals surface area contributed by atoms with Gasteiger partial charge in [-0.05, 0) is 18.2 Å². The van der Waals surface area contributed by atoms with Gasteiger partial charge in [-0.25, -0.2) is 0 Å². The number of aryl methyl sites for hydroxylation is 1. The third kappa shape index (κ3) is 1.21. The normalized spacial score (nSPS) is 10.2. The highest BCUT2D eigenvalue weighted by molar-refractivity contribution is 9.10. The van der Waals surface area contributed by atoms with Crippen LogP contribution in [0.5, 0.6) is 0 Å². The molecule has 0 N–H and O–H groups in total. The van der Waals surface area contributed by atoms with Gasteiger partial charge in [-0.1, -0.05) is 15.9 Å². The van der Waals surface area contributed by atoms with E-state index in [0.29, 0.717) is 5.69 Å². The van der Waals surface area contributed by atoms with Crippen LogP contribution in [0.25, 0.3) is 10.9 Å². The number of benzene rings is 1. The van der Waals surface area contributed by atoms with Gasteiger partial charge in [-0.3, -0.25) is 4.68 Å². The van der Waals surface area contributed by atoms with Crippen LogP contribution in [-0.4, -0.2) is 9.78 Å². The van der Waals surface area contributed by atoms with Gasteiger partial charge in [-0.15, -0.1) is 0 Å². The zero-order chi connectivity index (χ0) is 9.42. The number of fused-ring (bicyclic) bond motifs is 1. The molecule has 4 heteroatoms. The first kappa shape index (κ1) is 8.27. The summed E-state index contributed by atoms with van der Waals surface area (Å²) in [5.74, 6) is 0. The Morgan fingerprint density at radius 2 is 2.31 bits per heavy atom. The van der Waals surface area contributed by atoms with Gasteiger partial charge >= 0.3 is 0 Å². The summed E-state index contributed by atoms with van der Waals surface area (Å²) in [6.07, 6.45) is 0. The first-order valence-corrected chi connectivity index (χ1v) is 4.54. The Kier molecular flexibility index (Phi) is 1.82.